The van der Waals surface area contributed by atoms with Crippen LogP contribution in [0.1, 0.15) is 23.7 Å². The fourth-order valence-electron chi connectivity index (χ4n) is 1.75. The van der Waals surface area contributed by atoms with E-state index in [-0.39, 0.29) is 5.91 Å². The zero-order valence-corrected chi connectivity index (χ0v) is 10.2. The van der Waals surface area contributed by atoms with Crippen LogP contribution in [0.15, 0.2) is 36.5 Å². The van der Waals surface area contributed by atoms with Gasteiger partial charge in [-0.25, -0.2) is 0 Å². The molecule has 0 radical (unpaired) electrons. The molecule has 3 nitrogen and oxygen atoms in total. The molecule has 0 saturated heterocycles. The van der Waals surface area contributed by atoms with E-state index in [2.05, 4.69) is 22.1 Å². The summed E-state index contributed by atoms with van der Waals surface area (Å²) in [5.41, 5.74) is 1.49. The molecule has 90 valence electrons. The summed E-state index contributed by atoms with van der Waals surface area (Å²) in [5.74, 6) is 5.64. The van der Waals surface area contributed by atoms with Crippen molar-refractivity contribution in [1.82, 2.24) is 10.3 Å². The summed E-state index contributed by atoms with van der Waals surface area (Å²) >= 11 is 0. The molecule has 0 aliphatic carbocycles. The van der Waals surface area contributed by atoms with Crippen molar-refractivity contribution in [2.24, 2.45) is 0 Å². The van der Waals surface area contributed by atoms with Crippen molar-refractivity contribution < 1.29 is 4.79 Å². The summed E-state index contributed by atoms with van der Waals surface area (Å²) in [5, 5.41) is 3.73. The fourth-order valence-corrected chi connectivity index (χ4v) is 1.75. The van der Waals surface area contributed by atoms with Gasteiger partial charge < -0.3 is 5.32 Å². The SMILES string of the molecule is CC#CCCNC(=O)c1ccnc2ccccc12. The Balaban J connectivity index is 2.19. The number of hydrogen-bond acceptors (Lipinski definition) is 2. The molecule has 1 aromatic carbocycles. The van der Waals surface area contributed by atoms with Gasteiger partial charge in [0.2, 0.25) is 0 Å². The summed E-state index contributed by atoms with van der Waals surface area (Å²) in [6.45, 7) is 2.36. The first kappa shape index (κ1) is 12.1. The third-order valence-electron chi connectivity index (χ3n) is 2.61. The Hall–Kier alpha value is -2.34. The van der Waals surface area contributed by atoms with Crippen LogP contribution in [0.3, 0.4) is 0 Å². The van der Waals surface area contributed by atoms with E-state index in [1.807, 2.05) is 24.3 Å². The van der Waals surface area contributed by atoms with Crippen LogP contribution < -0.4 is 5.32 Å². The number of hydrogen-bond donors (Lipinski definition) is 1. The molecule has 0 saturated carbocycles. The highest BCUT2D eigenvalue weighted by Gasteiger charge is 2.08. The third kappa shape index (κ3) is 2.67. The highest BCUT2D eigenvalue weighted by molar-refractivity contribution is 6.05. The Bertz CT molecular complexity index is 618. The number of pyridine rings is 1. The predicted molar refractivity (Wildman–Crippen MR) is 72.1 cm³/mol. The molecule has 0 atom stereocenters. The molecule has 0 bridgehead atoms. The van der Waals surface area contributed by atoms with Crippen LogP contribution in [-0.2, 0) is 0 Å². The summed E-state index contributed by atoms with van der Waals surface area (Å²) in [6, 6.07) is 9.36. The fraction of sp³-hybridized carbons (Fsp3) is 0.200. The van der Waals surface area contributed by atoms with Gasteiger partial charge in [0, 0.05) is 24.5 Å². The average Bonchev–Trinajstić information content (AvgIpc) is 2.43. The Morgan fingerprint density at radius 3 is 3.00 bits per heavy atom. The molecular formula is C15H14N2O. The van der Waals surface area contributed by atoms with Gasteiger partial charge in [0.15, 0.2) is 0 Å². The molecule has 3 heteroatoms. The van der Waals surface area contributed by atoms with Crippen LogP contribution in [0.5, 0.6) is 0 Å². The normalized spacial score (nSPS) is 9.61. The lowest BCUT2D eigenvalue weighted by Crippen LogP contribution is -2.24. The maximum absolute atomic E-state index is 12.0. The van der Waals surface area contributed by atoms with Crippen molar-refractivity contribution in [2.45, 2.75) is 13.3 Å². The number of nitrogens with one attached hydrogen (secondary N) is 1. The molecule has 0 fully saturated rings. The van der Waals surface area contributed by atoms with Gasteiger partial charge in [-0.05, 0) is 19.1 Å². The largest absolute Gasteiger partial charge is 0.351 e. The molecule has 1 heterocycles. The van der Waals surface area contributed by atoms with Crippen molar-refractivity contribution in [3.63, 3.8) is 0 Å². The van der Waals surface area contributed by atoms with Crippen molar-refractivity contribution in [3.05, 3.63) is 42.1 Å². The van der Waals surface area contributed by atoms with Gasteiger partial charge in [0.1, 0.15) is 0 Å². The lowest BCUT2D eigenvalue weighted by Gasteiger charge is -2.06. The van der Waals surface area contributed by atoms with Gasteiger partial charge in [0.25, 0.3) is 5.91 Å². The van der Waals surface area contributed by atoms with Crippen molar-refractivity contribution in [2.75, 3.05) is 6.54 Å². The van der Waals surface area contributed by atoms with E-state index >= 15 is 0 Å². The number of rotatable bonds is 3. The topological polar surface area (TPSA) is 42.0 Å². The molecule has 1 amide bonds. The lowest BCUT2D eigenvalue weighted by atomic mass is 10.1. The standard InChI is InChI=1S/C15H14N2O/c1-2-3-6-10-17-15(18)13-9-11-16-14-8-5-4-7-12(13)14/h4-5,7-9,11H,6,10H2,1H3,(H,17,18). The van der Waals surface area contributed by atoms with Crippen molar-refractivity contribution in [1.29, 1.82) is 0 Å². The minimum absolute atomic E-state index is 0.0773. The molecule has 0 aliphatic rings. The van der Waals surface area contributed by atoms with Crippen LogP contribution in [0.2, 0.25) is 0 Å². The molecule has 1 aromatic heterocycles. The monoisotopic (exact) mass is 238 g/mol. The van der Waals surface area contributed by atoms with E-state index < -0.39 is 0 Å². The first-order chi connectivity index (χ1) is 8.83. The van der Waals surface area contributed by atoms with E-state index in [0.29, 0.717) is 18.5 Å². The number of carbonyl (C=O) groups is 1. The van der Waals surface area contributed by atoms with E-state index in [0.717, 1.165) is 10.9 Å². The number of fused-ring (bicyclic) bond motifs is 1. The maximum atomic E-state index is 12.0. The molecule has 2 rings (SSSR count). The van der Waals surface area contributed by atoms with Crippen LogP contribution in [-0.4, -0.2) is 17.4 Å². The highest BCUT2D eigenvalue weighted by Crippen LogP contribution is 2.15. The van der Waals surface area contributed by atoms with E-state index in [4.69, 9.17) is 0 Å². The number of nitrogens with zero attached hydrogens (tertiary/aromatic N) is 1. The first-order valence-electron chi connectivity index (χ1n) is 5.84. The number of amides is 1. The molecule has 18 heavy (non-hydrogen) atoms. The van der Waals surface area contributed by atoms with Crippen molar-refractivity contribution >= 4 is 16.8 Å². The number of benzene rings is 1. The van der Waals surface area contributed by atoms with E-state index in [1.54, 1.807) is 19.2 Å². The predicted octanol–water partition coefficient (Wildman–Crippen LogP) is 2.38. The van der Waals surface area contributed by atoms with Gasteiger partial charge in [-0.3, -0.25) is 9.78 Å². The van der Waals surface area contributed by atoms with Crippen LogP contribution in [0.4, 0.5) is 0 Å². The minimum Gasteiger partial charge on any atom is -0.351 e. The van der Waals surface area contributed by atoms with E-state index in [9.17, 15) is 4.79 Å². The lowest BCUT2D eigenvalue weighted by molar-refractivity contribution is 0.0956. The summed E-state index contributed by atoms with van der Waals surface area (Å²) in [6.07, 6.45) is 2.33. The van der Waals surface area contributed by atoms with Gasteiger partial charge in [-0.15, -0.1) is 11.8 Å². The number of para-hydroxylation sites is 1. The highest BCUT2D eigenvalue weighted by atomic mass is 16.1. The van der Waals surface area contributed by atoms with Gasteiger partial charge in [0.05, 0.1) is 11.1 Å². The second kappa shape index (κ2) is 5.83. The van der Waals surface area contributed by atoms with Crippen LogP contribution in [0, 0.1) is 11.8 Å². The smallest absolute Gasteiger partial charge is 0.252 e. The van der Waals surface area contributed by atoms with Gasteiger partial charge >= 0.3 is 0 Å². The summed E-state index contributed by atoms with van der Waals surface area (Å²) in [4.78, 5) is 16.3. The zero-order chi connectivity index (χ0) is 12.8. The quantitative estimate of drug-likeness (QED) is 0.659. The molecule has 0 unspecified atom stereocenters. The second-order valence-electron chi connectivity index (χ2n) is 3.81. The average molecular weight is 238 g/mol. The van der Waals surface area contributed by atoms with E-state index in [1.165, 1.54) is 0 Å². The molecule has 1 N–H and O–H groups in total. The van der Waals surface area contributed by atoms with Crippen molar-refractivity contribution in [3.8, 4) is 11.8 Å². The van der Waals surface area contributed by atoms with Crippen LogP contribution >= 0.6 is 0 Å². The zero-order valence-electron chi connectivity index (χ0n) is 10.2. The Kier molecular flexibility index (Phi) is 3.93. The second-order valence-corrected chi connectivity index (χ2v) is 3.81. The molecule has 2 aromatic rings. The Morgan fingerprint density at radius 2 is 2.17 bits per heavy atom. The molecular weight excluding hydrogens is 224 g/mol. The van der Waals surface area contributed by atoms with Crippen LogP contribution in [0.25, 0.3) is 10.9 Å². The molecule has 0 spiro atoms. The number of carbonyl (C=O) groups excluding carboxylic acids is 1. The summed E-state index contributed by atoms with van der Waals surface area (Å²) < 4.78 is 0. The molecule has 0 aliphatic heterocycles. The first-order valence-corrected chi connectivity index (χ1v) is 5.84. The number of aromatic nitrogens is 1. The van der Waals surface area contributed by atoms with Gasteiger partial charge in [-0.1, -0.05) is 18.2 Å². The minimum atomic E-state index is -0.0773. The Morgan fingerprint density at radius 1 is 1.33 bits per heavy atom. The maximum Gasteiger partial charge on any atom is 0.252 e. The Labute approximate surface area is 106 Å². The summed E-state index contributed by atoms with van der Waals surface area (Å²) in [7, 11) is 0. The third-order valence-corrected chi connectivity index (χ3v) is 2.61. The van der Waals surface area contributed by atoms with Gasteiger partial charge in [-0.2, -0.15) is 0 Å².